The normalized spacial score (nSPS) is 15.9. The summed E-state index contributed by atoms with van der Waals surface area (Å²) >= 11 is 1.57. The second-order valence-corrected chi connectivity index (χ2v) is 15.7. The zero-order valence-corrected chi connectivity index (χ0v) is 29.5. The molecule has 1 saturated heterocycles. The van der Waals surface area contributed by atoms with Gasteiger partial charge in [0.2, 0.25) is 15.9 Å². The van der Waals surface area contributed by atoms with Crippen molar-refractivity contribution in [3.63, 3.8) is 0 Å². The van der Waals surface area contributed by atoms with Gasteiger partial charge in [0.25, 0.3) is 0 Å². The SMILES string of the molecule is CCc1nc(CN2CCN(C(C(=O)N[C@@H](Cc3ccccc3)[C@H](O)CN(CC(C)C)S(=O)(=O)c3ccc(N)cc3)C(C)C)C2=O)cs1. The minimum atomic E-state index is -3.98. The predicted molar refractivity (Wildman–Crippen MR) is 185 cm³/mol. The van der Waals surface area contributed by atoms with Crippen molar-refractivity contribution in [2.24, 2.45) is 11.8 Å². The number of nitrogens with two attached hydrogens (primary N) is 1. The average molecular weight is 685 g/mol. The summed E-state index contributed by atoms with van der Waals surface area (Å²) in [5.41, 5.74) is 7.94. The lowest BCUT2D eigenvalue weighted by Gasteiger charge is -2.34. The number of aryl methyl sites for hydroxylation is 1. The molecule has 1 unspecified atom stereocenters. The fourth-order valence-corrected chi connectivity index (χ4v) is 8.17. The van der Waals surface area contributed by atoms with Gasteiger partial charge in [-0.05, 0) is 54.5 Å². The second kappa shape index (κ2) is 16.1. The van der Waals surface area contributed by atoms with Crippen molar-refractivity contribution in [2.75, 3.05) is 31.9 Å². The van der Waals surface area contributed by atoms with Crippen molar-refractivity contribution in [3.05, 3.63) is 76.2 Å². The number of aliphatic hydroxyl groups is 1. The van der Waals surface area contributed by atoms with Crippen LogP contribution < -0.4 is 11.1 Å². The Bertz CT molecular complexity index is 1580. The first-order valence-electron chi connectivity index (χ1n) is 16.2. The van der Waals surface area contributed by atoms with E-state index in [1.165, 1.54) is 28.6 Å². The van der Waals surface area contributed by atoms with Crippen LogP contribution in [-0.2, 0) is 34.2 Å². The fraction of sp³-hybridized carbons (Fsp3) is 0.500. The van der Waals surface area contributed by atoms with Gasteiger partial charge >= 0.3 is 6.03 Å². The molecule has 3 atom stereocenters. The summed E-state index contributed by atoms with van der Waals surface area (Å²) in [5.74, 6) is -0.642. The van der Waals surface area contributed by atoms with Crippen LogP contribution in [0.3, 0.4) is 0 Å². The van der Waals surface area contributed by atoms with Gasteiger partial charge in [0.1, 0.15) is 6.04 Å². The number of carbonyl (C=O) groups is 2. The molecule has 0 radical (unpaired) electrons. The molecule has 13 heteroatoms. The van der Waals surface area contributed by atoms with Crippen LogP contribution >= 0.6 is 11.3 Å². The van der Waals surface area contributed by atoms with Crippen LogP contribution in [0.1, 0.15) is 50.9 Å². The van der Waals surface area contributed by atoms with Crippen molar-refractivity contribution < 1.29 is 23.1 Å². The number of hydrogen-bond donors (Lipinski definition) is 3. The van der Waals surface area contributed by atoms with E-state index in [1.54, 1.807) is 21.1 Å². The number of nitrogens with zero attached hydrogens (tertiary/aromatic N) is 4. The van der Waals surface area contributed by atoms with Gasteiger partial charge in [-0.2, -0.15) is 4.31 Å². The Hall–Kier alpha value is -3.52. The molecule has 1 aliphatic heterocycles. The van der Waals surface area contributed by atoms with Crippen molar-refractivity contribution >= 4 is 39.0 Å². The monoisotopic (exact) mass is 684 g/mol. The van der Waals surface area contributed by atoms with Gasteiger partial charge in [-0.15, -0.1) is 11.3 Å². The molecule has 256 valence electrons. The number of urea groups is 1. The van der Waals surface area contributed by atoms with Crippen LogP contribution in [0.2, 0.25) is 0 Å². The van der Waals surface area contributed by atoms with Crippen LogP contribution in [0, 0.1) is 11.8 Å². The van der Waals surface area contributed by atoms with E-state index in [9.17, 15) is 23.1 Å². The maximum Gasteiger partial charge on any atom is 0.321 e. The Morgan fingerprint density at radius 3 is 2.34 bits per heavy atom. The Labute approximate surface area is 282 Å². The second-order valence-electron chi connectivity index (χ2n) is 12.8. The van der Waals surface area contributed by atoms with Gasteiger partial charge in [0.05, 0.1) is 34.3 Å². The first kappa shape index (κ1) is 36.3. The molecule has 3 amide bonds. The molecule has 0 saturated carbocycles. The molecule has 47 heavy (non-hydrogen) atoms. The van der Waals surface area contributed by atoms with Crippen molar-refractivity contribution in [1.29, 1.82) is 0 Å². The third kappa shape index (κ3) is 9.31. The van der Waals surface area contributed by atoms with Crippen molar-refractivity contribution in [3.8, 4) is 0 Å². The summed E-state index contributed by atoms with van der Waals surface area (Å²) in [6.45, 7) is 10.8. The Kier molecular flexibility index (Phi) is 12.4. The van der Waals surface area contributed by atoms with Gasteiger partial charge in [-0.1, -0.05) is 65.0 Å². The largest absolute Gasteiger partial charge is 0.399 e. The summed E-state index contributed by atoms with van der Waals surface area (Å²) in [5, 5.41) is 17.7. The molecular formula is C34H48N6O5S2. The fourth-order valence-electron chi connectivity index (χ4n) is 5.81. The topological polar surface area (TPSA) is 149 Å². The molecule has 0 aliphatic carbocycles. The van der Waals surface area contributed by atoms with E-state index in [2.05, 4.69) is 10.3 Å². The summed E-state index contributed by atoms with van der Waals surface area (Å²) in [4.78, 5) is 35.6. The number of hydrogen-bond acceptors (Lipinski definition) is 8. The maximum atomic E-state index is 14.1. The smallest absolute Gasteiger partial charge is 0.321 e. The zero-order chi connectivity index (χ0) is 34.3. The summed E-state index contributed by atoms with van der Waals surface area (Å²) < 4.78 is 28.7. The number of benzene rings is 2. The minimum Gasteiger partial charge on any atom is -0.399 e. The Morgan fingerprint density at radius 1 is 1.06 bits per heavy atom. The number of carbonyl (C=O) groups excluding carboxylic acids is 2. The standard InChI is InChI=1S/C34H48N6O5S2/c1-6-31-36-27(22-46-31)20-38-16-17-40(34(38)43)32(24(4)5)33(42)37-29(18-25-10-8-7-9-11-25)30(41)21-39(19-23(2)3)47(44,45)28-14-12-26(35)13-15-28/h7-15,22-24,29-30,32,41H,6,16-21,35H2,1-5H3,(H,37,42)/t29-,30+,32?/m0/s1. The first-order valence-corrected chi connectivity index (χ1v) is 18.5. The highest BCUT2D eigenvalue weighted by Gasteiger charge is 2.40. The van der Waals surface area contributed by atoms with Gasteiger partial charge in [-0.3, -0.25) is 4.79 Å². The lowest BCUT2D eigenvalue weighted by Crippen LogP contribution is -2.57. The minimum absolute atomic E-state index is 0.0276. The van der Waals surface area contributed by atoms with E-state index in [0.29, 0.717) is 25.3 Å². The number of rotatable bonds is 16. The van der Waals surface area contributed by atoms with Gasteiger partial charge in [0.15, 0.2) is 0 Å². The highest BCUT2D eigenvalue weighted by molar-refractivity contribution is 7.89. The average Bonchev–Trinajstić information content (AvgIpc) is 3.63. The van der Waals surface area contributed by atoms with E-state index in [4.69, 9.17) is 5.73 Å². The number of nitrogen functional groups attached to an aromatic ring is 1. The number of thiazole rings is 1. The molecule has 4 rings (SSSR count). The van der Waals surface area contributed by atoms with E-state index < -0.39 is 34.1 Å². The third-order valence-corrected chi connectivity index (χ3v) is 11.1. The number of aliphatic hydroxyl groups excluding tert-OH is 1. The maximum absolute atomic E-state index is 14.1. The van der Waals surface area contributed by atoms with E-state index in [1.807, 2.05) is 70.3 Å². The highest BCUT2D eigenvalue weighted by atomic mass is 32.2. The molecule has 0 bridgehead atoms. The lowest BCUT2D eigenvalue weighted by molar-refractivity contribution is -0.128. The quantitative estimate of drug-likeness (QED) is 0.193. The molecule has 1 aromatic heterocycles. The van der Waals surface area contributed by atoms with Crippen LogP contribution in [-0.4, -0.2) is 88.9 Å². The Balaban J connectivity index is 1.56. The molecule has 0 spiro atoms. The number of nitrogens with one attached hydrogen (secondary N) is 1. The molecular weight excluding hydrogens is 637 g/mol. The van der Waals surface area contributed by atoms with E-state index in [0.717, 1.165) is 22.7 Å². The van der Waals surface area contributed by atoms with Crippen molar-refractivity contribution in [1.82, 2.24) is 24.4 Å². The number of sulfonamides is 1. The first-order chi connectivity index (χ1) is 22.3. The van der Waals surface area contributed by atoms with Gasteiger partial charge in [0, 0.05) is 37.2 Å². The molecule has 2 heterocycles. The molecule has 3 aromatic rings. The molecule has 1 aliphatic rings. The summed E-state index contributed by atoms with van der Waals surface area (Å²) in [6, 6.07) is 13.5. The van der Waals surface area contributed by atoms with Crippen LogP contribution in [0.4, 0.5) is 10.5 Å². The van der Waals surface area contributed by atoms with E-state index in [-0.39, 0.29) is 42.3 Å². The van der Waals surface area contributed by atoms with E-state index >= 15 is 0 Å². The Morgan fingerprint density at radius 2 is 1.74 bits per heavy atom. The number of anilines is 1. The zero-order valence-electron chi connectivity index (χ0n) is 27.9. The molecule has 2 aromatic carbocycles. The molecule has 11 nitrogen and oxygen atoms in total. The number of aromatic nitrogens is 1. The highest BCUT2D eigenvalue weighted by Crippen LogP contribution is 2.23. The van der Waals surface area contributed by atoms with Crippen molar-refractivity contribution in [2.45, 2.75) is 77.1 Å². The van der Waals surface area contributed by atoms with Gasteiger partial charge < -0.3 is 26.0 Å². The summed E-state index contributed by atoms with van der Waals surface area (Å²) in [7, 11) is -3.98. The molecule has 4 N–H and O–H groups in total. The third-order valence-electron chi connectivity index (χ3n) is 8.19. The molecule has 1 fully saturated rings. The number of amides is 3. The van der Waals surface area contributed by atoms with Gasteiger partial charge in [-0.25, -0.2) is 18.2 Å². The predicted octanol–water partition coefficient (Wildman–Crippen LogP) is 3.99. The van der Waals surface area contributed by atoms with Crippen LogP contribution in [0.15, 0.2) is 64.9 Å². The lowest BCUT2D eigenvalue weighted by atomic mass is 9.97. The van der Waals surface area contributed by atoms with Crippen LogP contribution in [0.25, 0.3) is 0 Å². The van der Waals surface area contributed by atoms with Crippen LogP contribution in [0.5, 0.6) is 0 Å². The summed E-state index contributed by atoms with van der Waals surface area (Å²) in [6.07, 6.45) is -0.157.